The summed E-state index contributed by atoms with van der Waals surface area (Å²) in [4.78, 5) is 20.8. The molecule has 6 heteroatoms. The number of hydrogen-bond donors (Lipinski definition) is 3. The first-order valence-corrected chi connectivity index (χ1v) is 7.77. The van der Waals surface area contributed by atoms with Gasteiger partial charge < -0.3 is 16.0 Å². The van der Waals surface area contributed by atoms with Crippen LogP contribution in [0, 0.1) is 12.8 Å². The lowest BCUT2D eigenvalue weighted by Crippen LogP contribution is -2.30. The van der Waals surface area contributed by atoms with E-state index in [2.05, 4.69) is 25.9 Å². The molecule has 0 saturated heterocycles. The summed E-state index contributed by atoms with van der Waals surface area (Å²) < 4.78 is 0. The summed E-state index contributed by atoms with van der Waals surface area (Å²) in [5, 5.41) is 9.40. The quantitative estimate of drug-likeness (QED) is 0.665. The van der Waals surface area contributed by atoms with Crippen LogP contribution < -0.4 is 16.0 Å². The highest BCUT2D eigenvalue weighted by atomic mass is 16.2. The molecule has 0 unspecified atom stereocenters. The van der Waals surface area contributed by atoms with E-state index in [0.29, 0.717) is 19.0 Å². The summed E-state index contributed by atoms with van der Waals surface area (Å²) in [5.41, 5.74) is 1.02. The van der Waals surface area contributed by atoms with Gasteiger partial charge in [0.25, 0.3) is 0 Å². The average molecular weight is 289 g/mol. The summed E-state index contributed by atoms with van der Waals surface area (Å²) in [5.74, 6) is 3.66. The van der Waals surface area contributed by atoms with Gasteiger partial charge in [0.05, 0.1) is 0 Å². The van der Waals surface area contributed by atoms with Gasteiger partial charge >= 0.3 is 0 Å². The number of aromatic nitrogens is 2. The number of nitrogens with zero attached hydrogens (tertiary/aromatic N) is 2. The van der Waals surface area contributed by atoms with Crippen molar-refractivity contribution < 1.29 is 4.79 Å². The predicted octanol–water partition coefficient (Wildman–Crippen LogP) is 1.64. The molecule has 2 aliphatic carbocycles. The highest BCUT2D eigenvalue weighted by molar-refractivity contribution is 5.80. The minimum atomic E-state index is 0.186. The zero-order valence-corrected chi connectivity index (χ0v) is 12.7. The molecule has 1 amide bonds. The van der Waals surface area contributed by atoms with E-state index >= 15 is 0 Å². The van der Waals surface area contributed by atoms with E-state index in [4.69, 9.17) is 0 Å². The van der Waals surface area contributed by atoms with E-state index in [-0.39, 0.29) is 11.8 Å². The Balaban J connectivity index is 1.58. The third-order valence-corrected chi connectivity index (χ3v) is 4.01. The molecule has 21 heavy (non-hydrogen) atoms. The Hall–Kier alpha value is -1.85. The number of carbonyl (C=O) groups excluding carboxylic acids is 1. The maximum absolute atomic E-state index is 11.6. The van der Waals surface area contributed by atoms with Gasteiger partial charge in [0.2, 0.25) is 5.91 Å². The van der Waals surface area contributed by atoms with Crippen LogP contribution in [0.3, 0.4) is 0 Å². The highest BCUT2D eigenvalue weighted by Gasteiger charge is 2.29. The second-order valence-electron chi connectivity index (χ2n) is 5.92. The van der Waals surface area contributed by atoms with Crippen LogP contribution in [0.1, 0.15) is 43.0 Å². The molecule has 2 aliphatic rings. The van der Waals surface area contributed by atoms with Crippen LogP contribution in [0.2, 0.25) is 0 Å². The third kappa shape index (κ3) is 3.43. The number of hydrogen-bond acceptors (Lipinski definition) is 5. The molecule has 0 aliphatic heterocycles. The molecule has 1 aromatic rings. The Morgan fingerprint density at radius 1 is 1.14 bits per heavy atom. The topological polar surface area (TPSA) is 78.9 Å². The Bertz CT molecular complexity index is 537. The summed E-state index contributed by atoms with van der Waals surface area (Å²) in [6.07, 6.45) is 4.45. The Labute approximate surface area is 125 Å². The SMILES string of the molecule is CNc1nc(C2CC2)nc(NCCNC(=O)C2CC2)c1C. The minimum Gasteiger partial charge on any atom is -0.373 e. The molecular formula is C15H23N5O. The predicted molar refractivity (Wildman–Crippen MR) is 82.5 cm³/mol. The second kappa shape index (κ2) is 5.87. The van der Waals surface area contributed by atoms with Crippen molar-refractivity contribution >= 4 is 17.5 Å². The standard InChI is InChI=1S/C15H23N5O/c1-9-12(16-2)19-14(10-3-4-10)20-13(9)17-7-8-18-15(21)11-5-6-11/h10-11H,3-8H2,1-2H3,(H,18,21)(H2,16,17,19,20). The van der Waals surface area contributed by atoms with Gasteiger partial charge in [0.1, 0.15) is 17.5 Å². The first-order chi connectivity index (χ1) is 10.2. The summed E-state index contributed by atoms with van der Waals surface area (Å²) in [6.45, 7) is 3.32. The number of rotatable bonds is 7. The molecule has 0 radical (unpaired) electrons. The first kappa shape index (κ1) is 14.1. The van der Waals surface area contributed by atoms with Crippen molar-refractivity contribution in [3.63, 3.8) is 0 Å². The van der Waals surface area contributed by atoms with Crippen molar-refractivity contribution in [3.8, 4) is 0 Å². The van der Waals surface area contributed by atoms with Gasteiger partial charge in [0.15, 0.2) is 0 Å². The lowest BCUT2D eigenvalue weighted by Gasteiger charge is -2.14. The van der Waals surface area contributed by atoms with Gasteiger partial charge in [-0.1, -0.05) is 0 Å². The fourth-order valence-electron chi connectivity index (χ4n) is 2.33. The Kier molecular flexibility index (Phi) is 3.94. The van der Waals surface area contributed by atoms with Crippen molar-refractivity contribution in [2.24, 2.45) is 5.92 Å². The molecule has 0 aromatic carbocycles. The summed E-state index contributed by atoms with van der Waals surface area (Å²) >= 11 is 0. The fraction of sp³-hybridized carbons (Fsp3) is 0.667. The summed E-state index contributed by atoms with van der Waals surface area (Å²) in [6, 6.07) is 0. The fourth-order valence-corrected chi connectivity index (χ4v) is 2.33. The zero-order chi connectivity index (χ0) is 14.8. The number of amides is 1. The molecule has 3 rings (SSSR count). The van der Waals surface area contributed by atoms with Gasteiger partial charge in [-0.2, -0.15) is 0 Å². The van der Waals surface area contributed by atoms with Crippen molar-refractivity contribution in [1.29, 1.82) is 0 Å². The number of anilines is 2. The number of carbonyl (C=O) groups is 1. The van der Waals surface area contributed by atoms with Crippen LogP contribution in [-0.2, 0) is 4.79 Å². The van der Waals surface area contributed by atoms with E-state index in [0.717, 1.165) is 35.9 Å². The Morgan fingerprint density at radius 2 is 1.86 bits per heavy atom. The molecule has 114 valence electrons. The zero-order valence-electron chi connectivity index (χ0n) is 12.7. The average Bonchev–Trinajstić information content (AvgIpc) is 3.36. The maximum Gasteiger partial charge on any atom is 0.223 e. The molecule has 3 N–H and O–H groups in total. The largest absolute Gasteiger partial charge is 0.373 e. The van der Waals surface area contributed by atoms with Crippen LogP contribution in [0.25, 0.3) is 0 Å². The molecule has 0 bridgehead atoms. The lowest BCUT2D eigenvalue weighted by molar-refractivity contribution is -0.122. The van der Waals surface area contributed by atoms with E-state index in [1.165, 1.54) is 12.8 Å². The Morgan fingerprint density at radius 3 is 2.48 bits per heavy atom. The molecule has 1 heterocycles. The highest BCUT2D eigenvalue weighted by Crippen LogP contribution is 2.39. The van der Waals surface area contributed by atoms with Crippen molar-refractivity contribution in [2.75, 3.05) is 30.8 Å². The molecule has 0 atom stereocenters. The van der Waals surface area contributed by atoms with Gasteiger partial charge in [0, 0.05) is 37.5 Å². The first-order valence-electron chi connectivity index (χ1n) is 7.77. The minimum absolute atomic E-state index is 0.186. The van der Waals surface area contributed by atoms with Gasteiger partial charge in [-0.15, -0.1) is 0 Å². The van der Waals surface area contributed by atoms with Gasteiger partial charge in [-0.05, 0) is 32.6 Å². The van der Waals surface area contributed by atoms with Crippen molar-refractivity contribution in [3.05, 3.63) is 11.4 Å². The molecule has 6 nitrogen and oxygen atoms in total. The van der Waals surface area contributed by atoms with Crippen LogP contribution in [0.4, 0.5) is 11.6 Å². The van der Waals surface area contributed by atoms with E-state index < -0.39 is 0 Å². The van der Waals surface area contributed by atoms with Crippen molar-refractivity contribution in [2.45, 2.75) is 38.5 Å². The van der Waals surface area contributed by atoms with Crippen LogP contribution >= 0.6 is 0 Å². The molecule has 2 fully saturated rings. The van der Waals surface area contributed by atoms with Crippen LogP contribution in [-0.4, -0.2) is 36.0 Å². The third-order valence-electron chi connectivity index (χ3n) is 4.01. The maximum atomic E-state index is 11.6. The van der Waals surface area contributed by atoms with Crippen LogP contribution in [0.5, 0.6) is 0 Å². The normalized spacial score (nSPS) is 17.4. The summed E-state index contributed by atoms with van der Waals surface area (Å²) in [7, 11) is 1.88. The lowest BCUT2D eigenvalue weighted by atomic mass is 10.2. The van der Waals surface area contributed by atoms with E-state index in [9.17, 15) is 4.79 Å². The van der Waals surface area contributed by atoms with Crippen LogP contribution in [0.15, 0.2) is 0 Å². The number of nitrogens with one attached hydrogen (secondary N) is 3. The van der Waals surface area contributed by atoms with Gasteiger partial charge in [-0.3, -0.25) is 4.79 Å². The van der Waals surface area contributed by atoms with Gasteiger partial charge in [-0.25, -0.2) is 9.97 Å². The van der Waals surface area contributed by atoms with Crippen molar-refractivity contribution in [1.82, 2.24) is 15.3 Å². The van der Waals surface area contributed by atoms with E-state index in [1.807, 2.05) is 14.0 Å². The molecule has 2 saturated carbocycles. The smallest absolute Gasteiger partial charge is 0.223 e. The molecule has 1 aromatic heterocycles. The van der Waals surface area contributed by atoms with E-state index in [1.54, 1.807) is 0 Å². The monoisotopic (exact) mass is 289 g/mol. The molecule has 0 spiro atoms. The molecular weight excluding hydrogens is 266 g/mol. The second-order valence-corrected chi connectivity index (χ2v) is 5.92.